The van der Waals surface area contributed by atoms with Gasteiger partial charge in [-0.25, -0.2) is 13.1 Å². The van der Waals surface area contributed by atoms with Crippen molar-refractivity contribution in [2.75, 3.05) is 6.54 Å². The fraction of sp³-hybridized carbons (Fsp3) is 0.500. The lowest BCUT2D eigenvalue weighted by Crippen LogP contribution is -2.24. The molecular weight excluding hydrogens is 252 g/mol. The molecule has 1 aromatic rings. The van der Waals surface area contributed by atoms with E-state index in [4.69, 9.17) is 10.8 Å². The quantitative estimate of drug-likeness (QED) is 0.574. The molecule has 5 nitrogen and oxygen atoms in total. The summed E-state index contributed by atoms with van der Waals surface area (Å²) >= 11 is 0. The molecule has 0 unspecified atom stereocenters. The molecule has 1 aromatic heterocycles. The van der Waals surface area contributed by atoms with Gasteiger partial charge in [0.25, 0.3) is 10.0 Å². The molecule has 18 heavy (non-hydrogen) atoms. The van der Waals surface area contributed by atoms with Crippen molar-refractivity contribution < 1.29 is 12.8 Å². The number of furan rings is 1. The van der Waals surface area contributed by atoms with Gasteiger partial charge in [0, 0.05) is 19.0 Å². The number of rotatable bonds is 7. The second-order valence-electron chi connectivity index (χ2n) is 4.11. The van der Waals surface area contributed by atoms with Gasteiger partial charge in [0.2, 0.25) is 5.09 Å². The van der Waals surface area contributed by atoms with E-state index in [0.29, 0.717) is 24.8 Å². The Morgan fingerprint density at radius 3 is 2.78 bits per heavy atom. The Morgan fingerprint density at radius 2 is 2.17 bits per heavy atom. The van der Waals surface area contributed by atoms with Gasteiger partial charge in [-0.3, -0.25) is 0 Å². The molecule has 1 rings (SSSR count). The van der Waals surface area contributed by atoms with Crippen molar-refractivity contribution in [2.24, 2.45) is 0 Å². The normalized spacial score (nSPS) is 11.7. The van der Waals surface area contributed by atoms with E-state index < -0.39 is 10.0 Å². The van der Waals surface area contributed by atoms with Gasteiger partial charge in [-0.2, -0.15) is 0 Å². The highest BCUT2D eigenvalue weighted by Gasteiger charge is 2.17. The minimum Gasteiger partial charge on any atom is -0.447 e. The molecule has 0 atom stereocenters. The standard InChI is InChI=1S/C12H18N2O3S/c1-4-5-8-14-18(15,16)12-7-6-11(17-12)9-13-10(2)3/h1,6-7,10,13-14H,5,8-9H2,2-3H3. The smallest absolute Gasteiger partial charge is 0.273 e. The van der Waals surface area contributed by atoms with Crippen LogP contribution in [-0.2, 0) is 16.6 Å². The minimum atomic E-state index is -3.59. The molecule has 0 aliphatic rings. The Kier molecular flexibility index (Phi) is 5.41. The third kappa shape index (κ3) is 4.53. The number of sulfonamides is 1. The molecule has 0 radical (unpaired) electrons. The van der Waals surface area contributed by atoms with Crippen molar-refractivity contribution in [1.29, 1.82) is 0 Å². The lowest BCUT2D eigenvalue weighted by Gasteiger charge is -2.05. The highest BCUT2D eigenvalue weighted by Crippen LogP contribution is 2.13. The van der Waals surface area contributed by atoms with Crippen molar-refractivity contribution in [3.63, 3.8) is 0 Å². The topological polar surface area (TPSA) is 71.3 Å². The maximum absolute atomic E-state index is 11.8. The highest BCUT2D eigenvalue weighted by atomic mass is 32.2. The van der Waals surface area contributed by atoms with Crippen LogP contribution in [0, 0.1) is 12.3 Å². The molecule has 0 fully saturated rings. The zero-order valence-electron chi connectivity index (χ0n) is 10.6. The van der Waals surface area contributed by atoms with Gasteiger partial charge in [0.1, 0.15) is 5.76 Å². The Morgan fingerprint density at radius 1 is 1.44 bits per heavy atom. The van der Waals surface area contributed by atoms with Crippen molar-refractivity contribution in [2.45, 2.75) is 37.9 Å². The van der Waals surface area contributed by atoms with Crippen LogP contribution in [-0.4, -0.2) is 21.0 Å². The summed E-state index contributed by atoms with van der Waals surface area (Å²) in [5.41, 5.74) is 0. The van der Waals surface area contributed by atoms with Gasteiger partial charge in [0.05, 0.1) is 6.54 Å². The Hall–Kier alpha value is -1.29. The lowest BCUT2D eigenvalue weighted by atomic mass is 10.3. The predicted octanol–water partition coefficient (Wildman–Crippen LogP) is 1.08. The number of hydrogen-bond donors (Lipinski definition) is 2. The molecule has 100 valence electrons. The molecular formula is C12H18N2O3S. The summed E-state index contributed by atoms with van der Waals surface area (Å²) in [6, 6.07) is 3.39. The maximum atomic E-state index is 11.8. The predicted molar refractivity (Wildman–Crippen MR) is 69.3 cm³/mol. The van der Waals surface area contributed by atoms with Gasteiger partial charge in [-0.1, -0.05) is 13.8 Å². The first-order chi connectivity index (χ1) is 8.45. The third-order valence-electron chi connectivity index (χ3n) is 2.15. The van der Waals surface area contributed by atoms with Gasteiger partial charge in [0.15, 0.2) is 0 Å². The van der Waals surface area contributed by atoms with Crippen LogP contribution in [0.15, 0.2) is 21.6 Å². The van der Waals surface area contributed by atoms with Crippen molar-refractivity contribution in [3.05, 3.63) is 17.9 Å². The zero-order valence-corrected chi connectivity index (χ0v) is 11.4. The second kappa shape index (κ2) is 6.59. The van der Waals surface area contributed by atoms with E-state index in [1.54, 1.807) is 6.07 Å². The van der Waals surface area contributed by atoms with E-state index in [0.717, 1.165) is 0 Å². The van der Waals surface area contributed by atoms with Crippen LogP contribution >= 0.6 is 0 Å². The molecule has 0 bridgehead atoms. The Balaban J connectivity index is 2.64. The molecule has 0 aromatic carbocycles. The highest BCUT2D eigenvalue weighted by molar-refractivity contribution is 7.89. The SMILES string of the molecule is C#CCCNS(=O)(=O)c1ccc(CNC(C)C)o1. The maximum Gasteiger partial charge on any atom is 0.273 e. The summed E-state index contributed by atoms with van der Waals surface area (Å²) in [7, 11) is -3.59. The molecule has 0 saturated heterocycles. The summed E-state index contributed by atoms with van der Waals surface area (Å²) in [5.74, 6) is 2.95. The minimum absolute atomic E-state index is 0.0833. The molecule has 0 saturated carbocycles. The summed E-state index contributed by atoms with van der Waals surface area (Å²) in [6.07, 6.45) is 5.40. The number of nitrogens with one attached hydrogen (secondary N) is 2. The average molecular weight is 270 g/mol. The number of hydrogen-bond acceptors (Lipinski definition) is 4. The molecule has 0 aliphatic heterocycles. The fourth-order valence-electron chi connectivity index (χ4n) is 1.23. The van der Waals surface area contributed by atoms with Crippen LogP contribution in [0.5, 0.6) is 0 Å². The van der Waals surface area contributed by atoms with Crippen molar-refractivity contribution >= 4 is 10.0 Å². The number of terminal acetylenes is 1. The van der Waals surface area contributed by atoms with Crippen LogP contribution in [0.3, 0.4) is 0 Å². The second-order valence-corrected chi connectivity index (χ2v) is 5.81. The van der Waals surface area contributed by atoms with Crippen LogP contribution in [0.25, 0.3) is 0 Å². The van der Waals surface area contributed by atoms with Crippen LogP contribution in [0.1, 0.15) is 26.0 Å². The van der Waals surface area contributed by atoms with Gasteiger partial charge >= 0.3 is 0 Å². The van der Waals surface area contributed by atoms with E-state index in [1.807, 2.05) is 13.8 Å². The average Bonchev–Trinajstić information content (AvgIpc) is 2.76. The first-order valence-electron chi connectivity index (χ1n) is 5.71. The van der Waals surface area contributed by atoms with E-state index >= 15 is 0 Å². The van der Waals surface area contributed by atoms with Crippen LogP contribution < -0.4 is 10.0 Å². The third-order valence-corrected chi connectivity index (χ3v) is 3.48. The summed E-state index contributed by atoms with van der Waals surface area (Å²) in [6.45, 7) is 4.71. The van der Waals surface area contributed by atoms with E-state index in [-0.39, 0.29) is 11.6 Å². The monoisotopic (exact) mass is 270 g/mol. The molecule has 1 heterocycles. The van der Waals surface area contributed by atoms with Gasteiger partial charge < -0.3 is 9.73 Å². The van der Waals surface area contributed by atoms with Crippen LogP contribution in [0.4, 0.5) is 0 Å². The molecule has 6 heteroatoms. The van der Waals surface area contributed by atoms with Gasteiger partial charge in [-0.15, -0.1) is 12.3 Å². The van der Waals surface area contributed by atoms with Crippen molar-refractivity contribution in [3.8, 4) is 12.3 Å². The van der Waals surface area contributed by atoms with Gasteiger partial charge in [-0.05, 0) is 12.1 Å². The van der Waals surface area contributed by atoms with Crippen molar-refractivity contribution in [1.82, 2.24) is 10.0 Å². The van der Waals surface area contributed by atoms with E-state index in [9.17, 15) is 8.42 Å². The van der Waals surface area contributed by atoms with Crippen LogP contribution in [0.2, 0.25) is 0 Å². The Bertz CT molecular complexity index is 512. The summed E-state index contributed by atoms with van der Waals surface area (Å²) in [5, 5.41) is 3.06. The summed E-state index contributed by atoms with van der Waals surface area (Å²) < 4.78 is 31.2. The molecule has 0 amide bonds. The first-order valence-corrected chi connectivity index (χ1v) is 7.19. The summed E-state index contributed by atoms with van der Waals surface area (Å²) in [4.78, 5) is 0. The first kappa shape index (κ1) is 14.8. The fourth-order valence-corrected chi connectivity index (χ4v) is 2.21. The molecule has 0 aliphatic carbocycles. The van der Waals surface area contributed by atoms with E-state index in [2.05, 4.69) is 16.0 Å². The Labute approximate surface area is 108 Å². The zero-order chi connectivity index (χ0) is 13.6. The largest absolute Gasteiger partial charge is 0.447 e. The molecule has 0 spiro atoms. The molecule has 2 N–H and O–H groups in total. The lowest BCUT2D eigenvalue weighted by molar-refractivity contribution is 0.393. The van der Waals surface area contributed by atoms with E-state index in [1.165, 1.54) is 6.07 Å².